The molecule has 0 aromatic heterocycles. The van der Waals surface area contributed by atoms with Gasteiger partial charge >= 0.3 is 0 Å². The largest absolute Gasteiger partial charge is 0.385 e. The highest BCUT2D eigenvalue weighted by Gasteiger charge is 1.99. The van der Waals surface area contributed by atoms with Crippen LogP contribution >= 0.6 is 12.2 Å². The molecule has 0 bridgehead atoms. The van der Waals surface area contributed by atoms with Crippen LogP contribution in [0.3, 0.4) is 0 Å². The van der Waals surface area contributed by atoms with Crippen molar-refractivity contribution in [3.63, 3.8) is 0 Å². The van der Waals surface area contributed by atoms with Gasteiger partial charge in [-0.2, -0.15) is 0 Å². The van der Waals surface area contributed by atoms with Crippen LogP contribution in [-0.4, -0.2) is 31.4 Å². The van der Waals surface area contributed by atoms with Crippen molar-refractivity contribution in [2.45, 2.75) is 32.7 Å². The third-order valence-corrected chi connectivity index (χ3v) is 2.06. The van der Waals surface area contributed by atoms with Gasteiger partial charge in [-0.3, -0.25) is 0 Å². The van der Waals surface area contributed by atoms with Crippen molar-refractivity contribution in [1.29, 1.82) is 0 Å². The minimum atomic E-state index is 0.447. The Kier molecular flexibility index (Phi) is 8.04. The van der Waals surface area contributed by atoms with Crippen molar-refractivity contribution < 1.29 is 4.74 Å². The molecule has 0 amide bonds. The van der Waals surface area contributed by atoms with Crippen LogP contribution in [0.15, 0.2) is 0 Å². The second kappa shape index (κ2) is 8.26. The van der Waals surface area contributed by atoms with Gasteiger partial charge in [0.15, 0.2) is 5.11 Å². The predicted octanol–water partition coefficient (Wildman–Crippen LogP) is 1.29. The fraction of sp³-hybridized carbons (Fsp3) is 0.889. The third-order valence-electron chi connectivity index (χ3n) is 1.80. The molecule has 0 aliphatic rings. The highest BCUT2D eigenvalue weighted by Crippen LogP contribution is 1.87. The van der Waals surface area contributed by atoms with E-state index in [0.717, 1.165) is 31.1 Å². The molecular formula is C9H20N2OS. The maximum Gasteiger partial charge on any atom is 0.166 e. The lowest BCUT2D eigenvalue weighted by atomic mass is 10.3. The number of methoxy groups -OCH3 is 1. The van der Waals surface area contributed by atoms with E-state index in [-0.39, 0.29) is 0 Å². The first-order chi connectivity index (χ1) is 6.20. The summed E-state index contributed by atoms with van der Waals surface area (Å²) in [7, 11) is 1.70. The fourth-order valence-electron chi connectivity index (χ4n) is 0.795. The van der Waals surface area contributed by atoms with Crippen LogP contribution < -0.4 is 10.6 Å². The van der Waals surface area contributed by atoms with Gasteiger partial charge in [-0.25, -0.2) is 0 Å². The summed E-state index contributed by atoms with van der Waals surface area (Å²) >= 11 is 5.08. The fourth-order valence-corrected chi connectivity index (χ4v) is 1.10. The lowest BCUT2D eigenvalue weighted by Crippen LogP contribution is -2.40. The van der Waals surface area contributed by atoms with E-state index in [1.807, 2.05) is 0 Å². The number of hydrogen-bond donors (Lipinski definition) is 2. The molecule has 3 nitrogen and oxygen atoms in total. The summed E-state index contributed by atoms with van der Waals surface area (Å²) in [6.45, 7) is 5.89. The lowest BCUT2D eigenvalue weighted by Gasteiger charge is -2.14. The van der Waals surface area contributed by atoms with Crippen LogP contribution in [0.1, 0.15) is 26.7 Å². The SMILES string of the molecule is CCC(C)NC(=S)NCCCOC. The summed E-state index contributed by atoms with van der Waals surface area (Å²) in [5, 5.41) is 7.05. The lowest BCUT2D eigenvalue weighted by molar-refractivity contribution is 0.195. The second-order valence-corrected chi connectivity index (χ2v) is 3.46. The molecule has 0 aromatic rings. The van der Waals surface area contributed by atoms with E-state index in [1.54, 1.807) is 7.11 Å². The highest BCUT2D eigenvalue weighted by molar-refractivity contribution is 7.80. The quantitative estimate of drug-likeness (QED) is 0.504. The van der Waals surface area contributed by atoms with E-state index in [2.05, 4.69) is 24.5 Å². The average Bonchev–Trinajstić information content (AvgIpc) is 2.12. The summed E-state index contributed by atoms with van der Waals surface area (Å²) in [6, 6.07) is 0.447. The molecule has 13 heavy (non-hydrogen) atoms. The molecule has 0 heterocycles. The molecule has 2 N–H and O–H groups in total. The molecule has 1 atom stereocenters. The van der Waals surface area contributed by atoms with Crippen LogP contribution in [0.4, 0.5) is 0 Å². The van der Waals surface area contributed by atoms with Gasteiger partial charge in [0.05, 0.1) is 0 Å². The van der Waals surface area contributed by atoms with E-state index >= 15 is 0 Å². The summed E-state index contributed by atoms with van der Waals surface area (Å²) in [6.07, 6.45) is 2.07. The van der Waals surface area contributed by atoms with Gasteiger partial charge in [-0.05, 0) is 32.0 Å². The molecule has 0 rings (SSSR count). The molecule has 4 heteroatoms. The Balaban J connectivity index is 3.30. The Morgan fingerprint density at radius 1 is 1.54 bits per heavy atom. The van der Waals surface area contributed by atoms with Crippen LogP contribution in [0.2, 0.25) is 0 Å². The first kappa shape index (κ1) is 12.7. The van der Waals surface area contributed by atoms with E-state index < -0.39 is 0 Å². The van der Waals surface area contributed by atoms with Gasteiger partial charge in [0.2, 0.25) is 0 Å². The summed E-state index contributed by atoms with van der Waals surface area (Å²) in [5.41, 5.74) is 0. The van der Waals surface area contributed by atoms with Gasteiger partial charge < -0.3 is 15.4 Å². The van der Waals surface area contributed by atoms with Gasteiger partial charge in [0.25, 0.3) is 0 Å². The van der Waals surface area contributed by atoms with Crippen LogP contribution in [0.5, 0.6) is 0 Å². The Morgan fingerprint density at radius 2 is 2.23 bits per heavy atom. The van der Waals surface area contributed by atoms with Gasteiger partial charge in [0, 0.05) is 26.3 Å². The molecule has 0 aliphatic heterocycles. The van der Waals surface area contributed by atoms with E-state index in [4.69, 9.17) is 17.0 Å². The summed E-state index contributed by atoms with van der Waals surface area (Å²) < 4.78 is 4.92. The Labute approximate surface area is 86.2 Å². The van der Waals surface area contributed by atoms with E-state index in [1.165, 1.54) is 0 Å². The van der Waals surface area contributed by atoms with Crippen LogP contribution in [0.25, 0.3) is 0 Å². The summed E-state index contributed by atoms with van der Waals surface area (Å²) in [4.78, 5) is 0. The molecule has 0 saturated carbocycles. The Bertz CT molecular complexity index is 142. The average molecular weight is 204 g/mol. The van der Waals surface area contributed by atoms with Crippen LogP contribution in [-0.2, 0) is 4.74 Å². The number of ether oxygens (including phenoxy) is 1. The molecule has 0 saturated heterocycles. The Morgan fingerprint density at radius 3 is 2.77 bits per heavy atom. The number of rotatable bonds is 6. The van der Waals surface area contributed by atoms with Gasteiger partial charge in [0.1, 0.15) is 0 Å². The van der Waals surface area contributed by atoms with E-state index in [0.29, 0.717) is 6.04 Å². The van der Waals surface area contributed by atoms with Crippen molar-refractivity contribution >= 4 is 17.3 Å². The van der Waals surface area contributed by atoms with Crippen LogP contribution in [0, 0.1) is 0 Å². The van der Waals surface area contributed by atoms with Gasteiger partial charge in [-0.15, -0.1) is 0 Å². The molecule has 0 radical (unpaired) electrons. The monoisotopic (exact) mass is 204 g/mol. The second-order valence-electron chi connectivity index (χ2n) is 3.06. The third kappa shape index (κ3) is 7.99. The number of nitrogens with one attached hydrogen (secondary N) is 2. The molecular weight excluding hydrogens is 184 g/mol. The molecule has 0 aromatic carbocycles. The number of thiocarbonyl (C=S) groups is 1. The molecule has 0 aliphatic carbocycles. The zero-order chi connectivity index (χ0) is 10.1. The van der Waals surface area contributed by atoms with Crippen molar-refractivity contribution in [3.8, 4) is 0 Å². The molecule has 0 fully saturated rings. The maximum atomic E-state index is 5.08. The molecule has 0 spiro atoms. The normalized spacial score (nSPS) is 12.2. The topological polar surface area (TPSA) is 33.3 Å². The molecule has 1 unspecified atom stereocenters. The van der Waals surface area contributed by atoms with Crippen molar-refractivity contribution in [1.82, 2.24) is 10.6 Å². The van der Waals surface area contributed by atoms with Crippen molar-refractivity contribution in [2.75, 3.05) is 20.3 Å². The Hall–Kier alpha value is -0.350. The standard InChI is InChI=1S/C9H20N2OS/c1-4-8(2)11-9(13)10-6-5-7-12-3/h8H,4-7H2,1-3H3,(H2,10,11,13). The smallest absolute Gasteiger partial charge is 0.166 e. The predicted molar refractivity (Wildman–Crippen MR) is 60.0 cm³/mol. The zero-order valence-electron chi connectivity index (χ0n) is 8.72. The minimum absolute atomic E-state index is 0.447. The first-order valence-corrected chi connectivity index (χ1v) is 5.14. The number of hydrogen-bond acceptors (Lipinski definition) is 2. The van der Waals surface area contributed by atoms with Crippen molar-refractivity contribution in [2.24, 2.45) is 0 Å². The maximum absolute atomic E-state index is 5.08. The van der Waals surface area contributed by atoms with E-state index in [9.17, 15) is 0 Å². The highest BCUT2D eigenvalue weighted by atomic mass is 32.1. The molecule has 78 valence electrons. The minimum Gasteiger partial charge on any atom is -0.385 e. The van der Waals surface area contributed by atoms with Gasteiger partial charge in [-0.1, -0.05) is 6.92 Å². The summed E-state index contributed by atoms with van der Waals surface area (Å²) in [5.74, 6) is 0. The van der Waals surface area contributed by atoms with Crippen molar-refractivity contribution in [3.05, 3.63) is 0 Å². The first-order valence-electron chi connectivity index (χ1n) is 4.74. The zero-order valence-corrected chi connectivity index (χ0v) is 9.54.